The first-order valence-electron chi connectivity index (χ1n) is 11.8. The number of benzene rings is 2. The van der Waals surface area contributed by atoms with E-state index in [0.717, 1.165) is 5.56 Å². The summed E-state index contributed by atoms with van der Waals surface area (Å²) in [5.74, 6) is -0.842. The van der Waals surface area contributed by atoms with Crippen LogP contribution in [0, 0.1) is 5.82 Å². The molecule has 0 spiro atoms. The molecule has 184 valence electrons. The summed E-state index contributed by atoms with van der Waals surface area (Å²) in [6, 6.07) is 11.9. The van der Waals surface area contributed by atoms with E-state index in [-0.39, 0.29) is 30.3 Å². The molecule has 6 nitrogen and oxygen atoms in total. The van der Waals surface area contributed by atoms with E-state index in [0.29, 0.717) is 46.9 Å². The third kappa shape index (κ3) is 4.67. The number of dihydropyridines is 1. The summed E-state index contributed by atoms with van der Waals surface area (Å²) in [4.78, 5) is 26.7. The molecule has 0 bridgehead atoms. The first-order chi connectivity index (χ1) is 16.9. The van der Waals surface area contributed by atoms with Crippen LogP contribution in [-0.4, -0.2) is 32.6 Å². The molecule has 35 heavy (non-hydrogen) atoms. The van der Waals surface area contributed by atoms with Gasteiger partial charge in [0.1, 0.15) is 5.82 Å². The Labute approximate surface area is 204 Å². The highest BCUT2D eigenvalue weighted by Gasteiger charge is 2.42. The van der Waals surface area contributed by atoms with Crippen molar-refractivity contribution in [2.75, 3.05) is 20.8 Å². The average Bonchev–Trinajstić information content (AvgIpc) is 2.86. The molecule has 2 atom stereocenters. The maximum absolute atomic E-state index is 15.0. The van der Waals surface area contributed by atoms with Crippen LogP contribution in [0.1, 0.15) is 56.1 Å². The Kier molecular flexibility index (Phi) is 7.24. The van der Waals surface area contributed by atoms with Crippen LogP contribution in [0.2, 0.25) is 0 Å². The van der Waals surface area contributed by atoms with Gasteiger partial charge in [-0.15, -0.1) is 0 Å². The van der Waals surface area contributed by atoms with Crippen molar-refractivity contribution in [3.05, 3.63) is 81.9 Å². The van der Waals surface area contributed by atoms with Gasteiger partial charge in [0.2, 0.25) is 0 Å². The average molecular weight is 480 g/mol. The lowest BCUT2D eigenvalue weighted by Gasteiger charge is -2.36. The molecule has 1 heterocycles. The van der Waals surface area contributed by atoms with Gasteiger partial charge < -0.3 is 19.5 Å². The summed E-state index contributed by atoms with van der Waals surface area (Å²) in [6.07, 6.45) is 1.43. The minimum Gasteiger partial charge on any atom is -0.493 e. The fourth-order valence-electron chi connectivity index (χ4n) is 4.94. The molecule has 1 N–H and O–H groups in total. The van der Waals surface area contributed by atoms with E-state index < -0.39 is 17.7 Å². The van der Waals surface area contributed by atoms with Crippen LogP contribution >= 0.6 is 0 Å². The monoisotopic (exact) mass is 479 g/mol. The number of ether oxygens (including phenoxy) is 3. The van der Waals surface area contributed by atoms with E-state index in [9.17, 15) is 9.59 Å². The number of allylic oxidation sites excluding steroid dienone is 3. The van der Waals surface area contributed by atoms with Gasteiger partial charge in [-0.05, 0) is 49.4 Å². The lowest BCUT2D eigenvalue weighted by molar-refractivity contribution is -0.139. The molecule has 4 rings (SSSR count). The molecule has 0 unspecified atom stereocenters. The third-order valence-corrected chi connectivity index (χ3v) is 6.58. The number of esters is 1. The molecule has 0 radical (unpaired) electrons. The Morgan fingerprint density at radius 2 is 1.83 bits per heavy atom. The van der Waals surface area contributed by atoms with Crippen molar-refractivity contribution < 1.29 is 28.2 Å². The van der Waals surface area contributed by atoms with E-state index in [1.54, 1.807) is 39.3 Å². The second kappa shape index (κ2) is 10.3. The number of halogens is 1. The number of hydrogen-bond donors (Lipinski definition) is 1. The fourth-order valence-corrected chi connectivity index (χ4v) is 4.94. The summed E-state index contributed by atoms with van der Waals surface area (Å²) in [6.45, 7) is 3.92. The van der Waals surface area contributed by atoms with Crippen molar-refractivity contribution in [2.45, 2.75) is 44.9 Å². The number of nitrogens with one attached hydrogen (secondary N) is 1. The van der Waals surface area contributed by atoms with Crippen LogP contribution in [0.5, 0.6) is 11.5 Å². The van der Waals surface area contributed by atoms with Gasteiger partial charge in [-0.25, -0.2) is 9.18 Å². The Morgan fingerprint density at radius 1 is 1.09 bits per heavy atom. The number of methoxy groups -OCH3 is 2. The first kappa shape index (κ1) is 24.5. The predicted molar refractivity (Wildman–Crippen MR) is 130 cm³/mol. The molecular formula is C28H30FNO5. The Morgan fingerprint density at radius 3 is 2.51 bits per heavy atom. The molecule has 0 amide bonds. The van der Waals surface area contributed by atoms with Gasteiger partial charge in [0.15, 0.2) is 17.3 Å². The SMILES string of the molecule is CCCOC(=O)C1=C(C)NC2=C(C(=O)C[C@H](c3ccc(OC)c(OC)c3)C2)[C@H]1c1ccccc1F. The highest BCUT2D eigenvalue weighted by Crippen LogP contribution is 2.47. The number of rotatable bonds is 7. The fraction of sp³-hybridized carbons (Fsp3) is 0.357. The largest absolute Gasteiger partial charge is 0.493 e. The molecule has 0 aromatic heterocycles. The highest BCUT2D eigenvalue weighted by atomic mass is 19.1. The molecular weight excluding hydrogens is 449 g/mol. The lowest BCUT2D eigenvalue weighted by atomic mass is 9.71. The zero-order chi connectivity index (χ0) is 25.1. The van der Waals surface area contributed by atoms with Crippen LogP contribution in [-0.2, 0) is 14.3 Å². The minimum absolute atomic E-state index is 0.101. The quantitative estimate of drug-likeness (QED) is 0.553. The minimum atomic E-state index is -0.823. The van der Waals surface area contributed by atoms with E-state index in [1.165, 1.54) is 6.07 Å². The van der Waals surface area contributed by atoms with E-state index in [4.69, 9.17) is 14.2 Å². The number of carbonyl (C=O) groups is 2. The van der Waals surface area contributed by atoms with Crippen LogP contribution in [0.15, 0.2) is 65.0 Å². The lowest BCUT2D eigenvalue weighted by Crippen LogP contribution is -2.36. The van der Waals surface area contributed by atoms with Crippen LogP contribution in [0.3, 0.4) is 0 Å². The highest BCUT2D eigenvalue weighted by molar-refractivity contribution is 6.04. The third-order valence-electron chi connectivity index (χ3n) is 6.58. The summed E-state index contributed by atoms with van der Waals surface area (Å²) in [7, 11) is 3.15. The van der Waals surface area contributed by atoms with Crippen LogP contribution < -0.4 is 14.8 Å². The van der Waals surface area contributed by atoms with E-state index >= 15 is 4.39 Å². The maximum Gasteiger partial charge on any atom is 0.336 e. The van der Waals surface area contributed by atoms with Gasteiger partial charge in [0.05, 0.1) is 32.3 Å². The van der Waals surface area contributed by atoms with Gasteiger partial charge in [0, 0.05) is 29.0 Å². The molecule has 7 heteroatoms. The van der Waals surface area contributed by atoms with Crippen molar-refractivity contribution in [3.8, 4) is 11.5 Å². The number of carbonyl (C=O) groups excluding carboxylic acids is 2. The van der Waals surface area contributed by atoms with Crippen molar-refractivity contribution in [1.29, 1.82) is 0 Å². The molecule has 2 aromatic carbocycles. The molecule has 1 aliphatic carbocycles. The molecule has 1 aliphatic heterocycles. The number of ketones is 1. The van der Waals surface area contributed by atoms with Gasteiger partial charge in [-0.1, -0.05) is 31.2 Å². The topological polar surface area (TPSA) is 73.9 Å². The van der Waals surface area contributed by atoms with Crippen molar-refractivity contribution in [3.63, 3.8) is 0 Å². The number of Topliss-reactive ketones (excluding diaryl/α,β-unsaturated/α-hetero) is 1. The van der Waals surface area contributed by atoms with Gasteiger partial charge >= 0.3 is 5.97 Å². The second-order valence-corrected chi connectivity index (χ2v) is 8.79. The molecule has 2 aliphatic rings. The van der Waals surface area contributed by atoms with E-state index in [2.05, 4.69) is 5.32 Å². The molecule has 2 aromatic rings. The zero-order valence-corrected chi connectivity index (χ0v) is 20.4. The Balaban J connectivity index is 1.77. The molecule has 0 saturated heterocycles. The van der Waals surface area contributed by atoms with Crippen molar-refractivity contribution in [1.82, 2.24) is 5.32 Å². The summed E-state index contributed by atoms with van der Waals surface area (Å²) >= 11 is 0. The van der Waals surface area contributed by atoms with Crippen molar-refractivity contribution >= 4 is 11.8 Å². The van der Waals surface area contributed by atoms with Crippen LogP contribution in [0.4, 0.5) is 4.39 Å². The standard InChI is InChI=1S/C28H30FNO5/c1-5-12-35-28(32)25-16(2)30-21-13-18(17-10-11-23(33-3)24(15-17)34-4)14-22(31)27(21)26(25)19-8-6-7-9-20(19)29/h6-11,15,18,26,30H,5,12-14H2,1-4H3/t18-,26+/m1/s1. The van der Waals surface area contributed by atoms with Crippen LogP contribution in [0.25, 0.3) is 0 Å². The smallest absolute Gasteiger partial charge is 0.336 e. The van der Waals surface area contributed by atoms with Gasteiger partial charge in [0.25, 0.3) is 0 Å². The normalized spacial score (nSPS) is 19.7. The summed E-state index contributed by atoms with van der Waals surface area (Å²) in [5, 5.41) is 3.29. The first-order valence-corrected chi connectivity index (χ1v) is 11.8. The summed E-state index contributed by atoms with van der Waals surface area (Å²) < 4.78 is 31.2. The van der Waals surface area contributed by atoms with E-state index in [1.807, 2.05) is 25.1 Å². The maximum atomic E-state index is 15.0. The number of hydrogen-bond acceptors (Lipinski definition) is 6. The predicted octanol–water partition coefficient (Wildman–Crippen LogP) is 5.16. The van der Waals surface area contributed by atoms with Crippen molar-refractivity contribution in [2.24, 2.45) is 0 Å². The summed E-state index contributed by atoms with van der Waals surface area (Å²) in [5.41, 5.74) is 3.22. The molecule has 0 fully saturated rings. The van der Waals surface area contributed by atoms with Gasteiger partial charge in [-0.3, -0.25) is 4.79 Å². The Hall–Kier alpha value is -3.61. The molecule has 0 saturated carbocycles. The second-order valence-electron chi connectivity index (χ2n) is 8.79. The Bertz CT molecular complexity index is 1220. The zero-order valence-electron chi connectivity index (χ0n) is 20.4. The van der Waals surface area contributed by atoms with Gasteiger partial charge in [-0.2, -0.15) is 0 Å².